The van der Waals surface area contributed by atoms with Gasteiger partial charge in [-0.3, -0.25) is 9.89 Å². The van der Waals surface area contributed by atoms with Gasteiger partial charge >= 0.3 is 0 Å². The number of benzene rings is 1. The Hall–Kier alpha value is -1.81. The molecule has 4 nitrogen and oxygen atoms in total. The predicted molar refractivity (Wildman–Crippen MR) is 78.2 cm³/mol. The highest BCUT2D eigenvalue weighted by atomic mass is 16.1. The molecular weight excluding hydrogens is 238 g/mol. The molecule has 2 rings (SSSR count). The van der Waals surface area contributed by atoms with Crippen LogP contribution >= 0.6 is 0 Å². The SMILES string of the molecule is CNCCc1c(C)[nH]n(-c2cc(C)cc(C)c2)c1=O. The molecule has 0 bridgehead atoms. The summed E-state index contributed by atoms with van der Waals surface area (Å²) in [5.41, 5.74) is 5.07. The third-order valence-corrected chi connectivity index (χ3v) is 3.28. The second-order valence-electron chi connectivity index (χ2n) is 5.06. The van der Waals surface area contributed by atoms with Crippen LogP contribution < -0.4 is 10.9 Å². The average molecular weight is 259 g/mol. The van der Waals surface area contributed by atoms with Crippen molar-refractivity contribution in [1.82, 2.24) is 15.1 Å². The lowest BCUT2D eigenvalue weighted by molar-refractivity contribution is 0.783. The molecule has 19 heavy (non-hydrogen) atoms. The Morgan fingerprint density at radius 1 is 1.16 bits per heavy atom. The van der Waals surface area contributed by atoms with E-state index in [4.69, 9.17) is 0 Å². The van der Waals surface area contributed by atoms with Crippen molar-refractivity contribution < 1.29 is 0 Å². The van der Waals surface area contributed by atoms with E-state index < -0.39 is 0 Å². The number of nitrogens with zero attached hydrogens (tertiary/aromatic N) is 1. The minimum atomic E-state index is 0.0535. The number of rotatable bonds is 4. The Morgan fingerprint density at radius 3 is 2.37 bits per heavy atom. The molecule has 0 spiro atoms. The van der Waals surface area contributed by atoms with Crippen LogP contribution in [0.1, 0.15) is 22.4 Å². The first kappa shape index (κ1) is 13.6. The van der Waals surface area contributed by atoms with Crippen LogP contribution in [-0.2, 0) is 6.42 Å². The molecule has 0 unspecified atom stereocenters. The van der Waals surface area contributed by atoms with Gasteiger partial charge in [-0.15, -0.1) is 0 Å². The summed E-state index contributed by atoms with van der Waals surface area (Å²) < 4.78 is 1.64. The summed E-state index contributed by atoms with van der Waals surface area (Å²) in [7, 11) is 1.89. The lowest BCUT2D eigenvalue weighted by atomic mass is 10.1. The molecule has 0 aliphatic heterocycles. The minimum Gasteiger partial charge on any atom is -0.319 e. The number of aryl methyl sites for hydroxylation is 3. The van der Waals surface area contributed by atoms with Crippen LogP contribution in [0.4, 0.5) is 0 Å². The molecular formula is C15H21N3O. The lowest BCUT2D eigenvalue weighted by Crippen LogP contribution is -2.20. The minimum absolute atomic E-state index is 0.0535. The van der Waals surface area contributed by atoms with Gasteiger partial charge in [-0.2, -0.15) is 0 Å². The summed E-state index contributed by atoms with van der Waals surface area (Å²) >= 11 is 0. The van der Waals surface area contributed by atoms with Gasteiger partial charge in [-0.1, -0.05) is 6.07 Å². The van der Waals surface area contributed by atoms with Crippen molar-refractivity contribution in [2.75, 3.05) is 13.6 Å². The maximum atomic E-state index is 12.4. The zero-order valence-electron chi connectivity index (χ0n) is 12.0. The molecule has 0 radical (unpaired) electrons. The van der Waals surface area contributed by atoms with Crippen molar-refractivity contribution in [3.8, 4) is 5.69 Å². The Labute approximate surface area is 113 Å². The van der Waals surface area contributed by atoms with Gasteiger partial charge in [-0.25, -0.2) is 4.68 Å². The Kier molecular flexibility index (Phi) is 3.90. The first-order chi connectivity index (χ1) is 9.02. The summed E-state index contributed by atoms with van der Waals surface area (Å²) in [5.74, 6) is 0. The largest absolute Gasteiger partial charge is 0.319 e. The van der Waals surface area contributed by atoms with E-state index in [0.717, 1.165) is 41.0 Å². The van der Waals surface area contributed by atoms with Gasteiger partial charge < -0.3 is 5.32 Å². The van der Waals surface area contributed by atoms with Gasteiger partial charge in [-0.05, 0) is 64.0 Å². The van der Waals surface area contributed by atoms with Crippen molar-refractivity contribution in [2.24, 2.45) is 0 Å². The normalized spacial score (nSPS) is 10.9. The van der Waals surface area contributed by atoms with E-state index in [1.165, 1.54) is 0 Å². The van der Waals surface area contributed by atoms with E-state index in [0.29, 0.717) is 0 Å². The van der Waals surface area contributed by atoms with Crippen molar-refractivity contribution in [3.05, 3.63) is 50.9 Å². The lowest BCUT2D eigenvalue weighted by Gasteiger charge is -2.05. The summed E-state index contributed by atoms with van der Waals surface area (Å²) in [6.07, 6.45) is 0.746. The molecule has 2 aromatic rings. The molecule has 1 heterocycles. The van der Waals surface area contributed by atoms with Gasteiger partial charge in [0.05, 0.1) is 5.69 Å². The highest BCUT2D eigenvalue weighted by Gasteiger charge is 2.12. The van der Waals surface area contributed by atoms with Gasteiger partial charge in [0.15, 0.2) is 0 Å². The van der Waals surface area contributed by atoms with Gasteiger partial charge in [0.2, 0.25) is 0 Å². The van der Waals surface area contributed by atoms with E-state index in [1.807, 2.05) is 40.0 Å². The quantitative estimate of drug-likeness (QED) is 0.880. The fourth-order valence-corrected chi connectivity index (χ4v) is 2.39. The molecule has 0 amide bonds. The smallest absolute Gasteiger partial charge is 0.274 e. The van der Waals surface area contributed by atoms with Gasteiger partial charge in [0, 0.05) is 11.3 Å². The van der Waals surface area contributed by atoms with E-state index in [2.05, 4.69) is 16.5 Å². The monoisotopic (exact) mass is 259 g/mol. The number of likely N-dealkylation sites (N-methyl/N-ethyl adjacent to an activating group) is 1. The molecule has 0 fully saturated rings. The van der Waals surface area contributed by atoms with Gasteiger partial charge in [0.1, 0.15) is 0 Å². The number of aromatic nitrogens is 2. The number of hydrogen-bond acceptors (Lipinski definition) is 2. The fourth-order valence-electron chi connectivity index (χ4n) is 2.39. The highest BCUT2D eigenvalue weighted by Crippen LogP contribution is 2.12. The van der Waals surface area contributed by atoms with Crippen LogP contribution in [0.3, 0.4) is 0 Å². The zero-order chi connectivity index (χ0) is 14.0. The highest BCUT2D eigenvalue weighted by molar-refractivity contribution is 5.39. The molecule has 0 aliphatic carbocycles. The van der Waals surface area contributed by atoms with Crippen molar-refractivity contribution in [1.29, 1.82) is 0 Å². The second-order valence-corrected chi connectivity index (χ2v) is 5.06. The van der Waals surface area contributed by atoms with Crippen LogP contribution in [-0.4, -0.2) is 23.4 Å². The standard InChI is InChI=1S/C15H21N3O/c1-10-7-11(2)9-13(8-10)18-15(19)14(5-6-16-4)12(3)17-18/h7-9,16-17H,5-6H2,1-4H3. The van der Waals surface area contributed by atoms with Gasteiger partial charge in [0.25, 0.3) is 5.56 Å². The van der Waals surface area contributed by atoms with Crippen LogP contribution in [0.15, 0.2) is 23.0 Å². The van der Waals surface area contributed by atoms with Crippen molar-refractivity contribution in [3.63, 3.8) is 0 Å². The zero-order valence-corrected chi connectivity index (χ0v) is 12.0. The first-order valence-corrected chi connectivity index (χ1v) is 6.56. The van der Waals surface area contributed by atoms with Crippen LogP contribution in [0.5, 0.6) is 0 Å². The third kappa shape index (κ3) is 2.79. The molecule has 102 valence electrons. The molecule has 0 atom stereocenters. The molecule has 0 saturated heterocycles. The molecule has 4 heteroatoms. The number of nitrogens with one attached hydrogen (secondary N) is 2. The second kappa shape index (κ2) is 5.45. The Bertz CT molecular complexity index is 617. The molecule has 0 aliphatic rings. The van der Waals surface area contributed by atoms with E-state index in [-0.39, 0.29) is 5.56 Å². The maximum absolute atomic E-state index is 12.4. The Morgan fingerprint density at radius 2 is 1.79 bits per heavy atom. The van der Waals surface area contributed by atoms with Crippen LogP contribution in [0.25, 0.3) is 5.69 Å². The summed E-state index contributed by atoms with van der Waals surface area (Å²) in [4.78, 5) is 12.4. The first-order valence-electron chi connectivity index (χ1n) is 6.56. The fraction of sp³-hybridized carbons (Fsp3) is 0.400. The van der Waals surface area contributed by atoms with Crippen LogP contribution in [0, 0.1) is 20.8 Å². The Balaban J connectivity index is 2.48. The van der Waals surface area contributed by atoms with E-state index in [1.54, 1.807) is 4.68 Å². The van der Waals surface area contributed by atoms with E-state index in [9.17, 15) is 4.79 Å². The maximum Gasteiger partial charge on any atom is 0.274 e. The molecule has 0 saturated carbocycles. The molecule has 2 N–H and O–H groups in total. The summed E-state index contributed by atoms with van der Waals surface area (Å²) in [6.45, 7) is 6.84. The van der Waals surface area contributed by atoms with Crippen molar-refractivity contribution in [2.45, 2.75) is 27.2 Å². The van der Waals surface area contributed by atoms with E-state index >= 15 is 0 Å². The van der Waals surface area contributed by atoms with Crippen LogP contribution in [0.2, 0.25) is 0 Å². The average Bonchev–Trinajstić information content (AvgIpc) is 2.61. The number of aromatic amines is 1. The third-order valence-electron chi connectivity index (χ3n) is 3.28. The summed E-state index contributed by atoms with van der Waals surface area (Å²) in [5, 5.41) is 6.24. The van der Waals surface area contributed by atoms with Crippen molar-refractivity contribution >= 4 is 0 Å². The molecule has 1 aromatic heterocycles. The number of H-pyrrole nitrogens is 1. The summed E-state index contributed by atoms with van der Waals surface area (Å²) in [6, 6.07) is 6.14. The predicted octanol–water partition coefficient (Wildman–Crippen LogP) is 1.85. The topological polar surface area (TPSA) is 49.8 Å². The number of hydrogen-bond donors (Lipinski definition) is 2. The molecule has 1 aromatic carbocycles.